The molecule has 0 amide bonds. The molecule has 3 nitrogen and oxygen atoms in total. The van der Waals surface area contributed by atoms with Crippen LogP contribution >= 0.6 is 0 Å². The molecule has 2 atom stereocenters. The monoisotopic (exact) mass is 207 g/mol. The standard InChI is InChI=1S/C12H17NO2/c1-9-4-2-3-5-10(8-9)11(13)6-7-12(14)15/h2-5,8-9,11H,6-7,13H2,1H3,(H,14,15). The minimum atomic E-state index is -0.796. The van der Waals surface area contributed by atoms with Gasteiger partial charge in [-0.05, 0) is 17.9 Å². The van der Waals surface area contributed by atoms with Crippen LogP contribution in [0.1, 0.15) is 19.8 Å². The van der Waals surface area contributed by atoms with Gasteiger partial charge in [-0.15, -0.1) is 0 Å². The first-order valence-corrected chi connectivity index (χ1v) is 5.13. The third-order valence-corrected chi connectivity index (χ3v) is 2.37. The molecule has 0 fully saturated rings. The fourth-order valence-electron chi connectivity index (χ4n) is 1.51. The van der Waals surface area contributed by atoms with Gasteiger partial charge in [0.1, 0.15) is 0 Å². The van der Waals surface area contributed by atoms with Gasteiger partial charge in [-0.25, -0.2) is 0 Å². The Hall–Kier alpha value is -1.35. The number of carbonyl (C=O) groups is 1. The molecule has 0 saturated carbocycles. The lowest BCUT2D eigenvalue weighted by Crippen LogP contribution is -2.23. The first kappa shape index (κ1) is 11.7. The summed E-state index contributed by atoms with van der Waals surface area (Å²) in [4.78, 5) is 10.4. The summed E-state index contributed by atoms with van der Waals surface area (Å²) < 4.78 is 0. The Bertz CT molecular complexity index is 316. The fourth-order valence-corrected chi connectivity index (χ4v) is 1.51. The van der Waals surface area contributed by atoms with E-state index in [2.05, 4.69) is 19.1 Å². The van der Waals surface area contributed by atoms with Crippen molar-refractivity contribution >= 4 is 5.97 Å². The maximum absolute atomic E-state index is 10.4. The van der Waals surface area contributed by atoms with Gasteiger partial charge in [-0.1, -0.05) is 37.3 Å². The molecule has 0 radical (unpaired) electrons. The van der Waals surface area contributed by atoms with Crippen molar-refractivity contribution in [2.24, 2.45) is 11.7 Å². The minimum absolute atomic E-state index is 0.119. The Morgan fingerprint density at radius 1 is 1.60 bits per heavy atom. The van der Waals surface area contributed by atoms with Gasteiger partial charge < -0.3 is 10.8 Å². The van der Waals surface area contributed by atoms with E-state index in [1.54, 1.807) is 0 Å². The van der Waals surface area contributed by atoms with Crippen molar-refractivity contribution in [2.45, 2.75) is 25.8 Å². The topological polar surface area (TPSA) is 63.3 Å². The van der Waals surface area contributed by atoms with Crippen LogP contribution in [0.3, 0.4) is 0 Å². The van der Waals surface area contributed by atoms with E-state index in [0.717, 1.165) is 5.57 Å². The van der Waals surface area contributed by atoms with E-state index in [1.165, 1.54) is 0 Å². The number of carboxylic acids is 1. The van der Waals surface area contributed by atoms with Crippen molar-refractivity contribution in [3.8, 4) is 0 Å². The molecule has 15 heavy (non-hydrogen) atoms. The van der Waals surface area contributed by atoms with Gasteiger partial charge in [0, 0.05) is 12.5 Å². The van der Waals surface area contributed by atoms with Crippen molar-refractivity contribution in [3.63, 3.8) is 0 Å². The van der Waals surface area contributed by atoms with Crippen molar-refractivity contribution in [3.05, 3.63) is 36.0 Å². The number of aliphatic carboxylic acids is 1. The summed E-state index contributed by atoms with van der Waals surface area (Å²) in [7, 11) is 0. The molecular formula is C12H17NO2. The van der Waals surface area contributed by atoms with E-state index in [4.69, 9.17) is 10.8 Å². The van der Waals surface area contributed by atoms with Crippen molar-refractivity contribution < 1.29 is 9.90 Å². The Labute approximate surface area is 90.0 Å². The molecule has 1 rings (SSSR count). The summed E-state index contributed by atoms with van der Waals surface area (Å²) in [6.07, 6.45) is 10.6. The highest BCUT2D eigenvalue weighted by Crippen LogP contribution is 2.15. The summed E-state index contributed by atoms with van der Waals surface area (Å²) in [6, 6.07) is -0.181. The fraction of sp³-hybridized carbons (Fsp3) is 0.417. The normalized spacial score (nSPS) is 22.0. The highest BCUT2D eigenvalue weighted by molar-refractivity contribution is 5.66. The van der Waals surface area contributed by atoms with E-state index in [9.17, 15) is 4.79 Å². The van der Waals surface area contributed by atoms with Gasteiger partial charge in [0.15, 0.2) is 0 Å². The first-order chi connectivity index (χ1) is 7.09. The second-order valence-electron chi connectivity index (χ2n) is 3.81. The van der Waals surface area contributed by atoms with Crippen LogP contribution in [-0.2, 0) is 4.79 Å². The van der Waals surface area contributed by atoms with Crippen LogP contribution in [0.5, 0.6) is 0 Å². The molecule has 1 aliphatic rings. The van der Waals surface area contributed by atoms with Crippen LogP contribution in [0.4, 0.5) is 0 Å². The van der Waals surface area contributed by atoms with E-state index in [0.29, 0.717) is 12.3 Å². The van der Waals surface area contributed by atoms with Crippen molar-refractivity contribution in [1.82, 2.24) is 0 Å². The number of nitrogens with two attached hydrogens (primary N) is 1. The Kier molecular flexibility index (Phi) is 4.31. The number of hydrogen-bond acceptors (Lipinski definition) is 2. The third-order valence-electron chi connectivity index (χ3n) is 2.37. The molecule has 0 saturated heterocycles. The van der Waals surface area contributed by atoms with E-state index < -0.39 is 5.97 Å². The molecule has 0 aromatic rings. The quantitative estimate of drug-likeness (QED) is 0.739. The zero-order chi connectivity index (χ0) is 11.3. The van der Waals surface area contributed by atoms with Gasteiger partial charge in [0.2, 0.25) is 0 Å². The summed E-state index contributed by atoms with van der Waals surface area (Å²) in [6.45, 7) is 2.08. The summed E-state index contributed by atoms with van der Waals surface area (Å²) in [5.74, 6) is -0.444. The Morgan fingerprint density at radius 2 is 2.33 bits per heavy atom. The van der Waals surface area contributed by atoms with Crippen molar-refractivity contribution in [2.75, 3.05) is 0 Å². The molecule has 82 valence electrons. The van der Waals surface area contributed by atoms with Crippen LogP contribution < -0.4 is 5.73 Å². The second-order valence-corrected chi connectivity index (χ2v) is 3.81. The maximum atomic E-state index is 10.4. The third kappa shape index (κ3) is 4.13. The highest BCUT2D eigenvalue weighted by Gasteiger charge is 2.10. The highest BCUT2D eigenvalue weighted by atomic mass is 16.4. The molecular weight excluding hydrogens is 190 g/mol. The molecule has 0 spiro atoms. The molecule has 3 N–H and O–H groups in total. The van der Waals surface area contributed by atoms with Crippen LogP contribution in [0.15, 0.2) is 36.0 Å². The van der Waals surface area contributed by atoms with Crippen LogP contribution in [0, 0.1) is 5.92 Å². The van der Waals surface area contributed by atoms with Crippen LogP contribution in [0.25, 0.3) is 0 Å². The smallest absolute Gasteiger partial charge is 0.303 e. The number of hydrogen-bond donors (Lipinski definition) is 2. The first-order valence-electron chi connectivity index (χ1n) is 5.13. The predicted molar refractivity (Wildman–Crippen MR) is 60.4 cm³/mol. The zero-order valence-corrected chi connectivity index (χ0v) is 8.89. The summed E-state index contributed by atoms with van der Waals surface area (Å²) in [5.41, 5.74) is 6.94. The number of rotatable bonds is 4. The van der Waals surface area contributed by atoms with Gasteiger partial charge in [0.05, 0.1) is 0 Å². The lowest BCUT2D eigenvalue weighted by Gasteiger charge is -2.12. The molecule has 0 aromatic carbocycles. The minimum Gasteiger partial charge on any atom is -0.481 e. The maximum Gasteiger partial charge on any atom is 0.303 e. The zero-order valence-electron chi connectivity index (χ0n) is 8.89. The Morgan fingerprint density at radius 3 is 3.00 bits per heavy atom. The molecule has 0 bridgehead atoms. The van der Waals surface area contributed by atoms with E-state index in [-0.39, 0.29) is 12.5 Å². The van der Waals surface area contributed by atoms with E-state index in [1.807, 2.05) is 18.2 Å². The van der Waals surface area contributed by atoms with Gasteiger partial charge in [-0.3, -0.25) is 4.79 Å². The van der Waals surface area contributed by atoms with Crippen LogP contribution in [-0.4, -0.2) is 17.1 Å². The molecule has 3 heteroatoms. The number of allylic oxidation sites excluding steroid dienone is 4. The van der Waals surface area contributed by atoms with Gasteiger partial charge >= 0.3 is 5.97 Å². The molecule has 1 aliphatic carbocycles. The predicted octanol–water partition coefficient (Wildman–Crippen LogP) is 1.87. The summed E-state index contributed by atoms with van der Waals surface area (Å²) >= 11 is 0. The second kappa shape index (κ2) is 5.51. The molecule has 0 aliphatic heterocycles. The van der Waals surface area contributed by atoms with Crippen LogP contribution in [0.2, 0.25) is 0 Å². The molecule has 0 aromatic heterocycles. The van der Waals surface area contributed by atoms with E-state index >= 15 is 0 Å². The van der Waals surface area contributed by atoms with Crippen molar-refractivity contribution in [1.29, 1.82) is 0 Å². The lowest BCUT2D eigenvalue weighted by molar-refractivity contribution is -0.137. The summed E-state index contributed by atoms with van der Waals surface area (Å²) in [5, 5.41) is 8.56. The van der Waals surface area contributed by atoms with Gasteiger partial charge in [0.25, 0.3) is 0 Å². The molecule has 2 unspecified atom stereocenters. The lowest BCUT2D eigenvalue weighted by atomic mass is 9.99. The van der Waals surface area contributed by atoms with Gasteiger partial charge in [-0.2, -0.15) is 0 Å². The number of carboxylic acid groups (broad SMARTS) is 1. The molecule has 0 heterocycles. The average Bonchev–Trinajstić information content (AvgIpc) is 2.39. The Balaban J connectivity index is 2.58. The largest absolute Gasteiger partial charge is 0.481 e. The average molecular weight is 207 g/mol. The SMILES string of the molecule is CC1C=CC=CC(C(N)CCC(=O)O)=C1.